The van der Waals surface area contributed by atoms with Crippen LogP contribution in [0.3, 0.4) is 0 Å². The number of hydrogen-bond donors (Lipinski definition) is 2. The van der Waals surface area contributed by atoms with Gasteiger partial charge in [-0.05, 0) is 37.0 Å². The van der Waals surface area contributed by atoms with Crippen LogP contribution in [0.2, 0.25) is 0 Å². The lowest BCUT2D eigenvalue weighted by Crippen LogP contribution is -2.36. The van der Waals surface area contributed by atoms with Gasteiger partial charge in [-0.1, -0.05) is 0 Å². The van der Waals surface area contributed by atoms with E-state index in [2.05, 4.69) is 4.84 Å². The van der Waals surface area contributed by atoms with Crippen LogP contribution in [0.25, 0.3) is 0 Å². The minimum absolute atomic E-state index is 0.319. The molecule has 3 heteroatoms. The lowest BCUT2D eigenvalue weighted by atomic mass is 9.79. The van der Waals surface area contributed by atoms with E-state index in [4.69, 9.17) is 16.9 Å². The van der Waals surface area contributed by atoms with Crippen LogP contribution < -0.4 is 4.84 Å². The first-order valence-corrected chi connectivity index (χ1v) is 3.71. The van der Waals surface area contributed by atoms with Gasteiger partial charge < -0.3 is 5.11 Å². The quantitative estimate of drug-likeness (QED) is 0.585. The topological polar surface area (TPSA) is 32.3 Å². The van der Waals surface area contributed by atoms with Crippen molar-refractivity contribution in [1.29, 1.82) is 0 Å². The predicted octanol–water partition coefficient (Wildman–Crippen LogP) is 0.891. The van der Waals surface area contributed by atoms with E-state index in [1.165, 1.54) is 0 Å². The summed E-state index contributed by atoms with van der Waals surface area (Å²) in [7, 11) is 0. The summed E-state index contributed by atoms with van der Waals surface area (Å²) in [5.41, 5.74) is 0. The number of aliphatic hydroxyl groups is 1. The molecule has 2 N–H and O–H groups in total. The molecule has 1 rings (SSSR count). The third kappa shape index (κ3) is 1.81. The number of nitrogens with one attached hydrogen (secondary N) is 1. The number of rotatable bonds is 3. The number of halogens is 1. The van der Waals surface area contributed by atoms with Crippen molar-refractivity contribution in [2.45, 2.75) is 25.3 Å². The summed E-state index contributed by atoms with van der Waals surface area (Å²) in [5, 5.41) is 8.51. The van der Waals surface area contributed by atoms with Crippen LogP contribution in [0.5, 0.6) is 0 Å². The molecule has 0 aromatic rings. The zero-order chi connectivity index (χ0) is 6.69. The number of hydrogen-bond acceptors (Lipinski definition) is 2. The van der Waals surface area contributed by atoms with E-state index in [0.29, 0.717) is 18.6 Å². The van der Waals surface area contributed by atoms with E-state index in [-0.39, 0.29) is 0 Å². The van der Waals surface area contributed by atoms with Gasteiger partial charge in [-0.3, -0.25) is 0 Å². The van der Waals surface area contributed by atoms with Gasteiger partial charge in [0.05, 0.1) is 0 Å². The molecular formula is C6H12ClNO. The summed E-state index contributed by atoms with van der Waals surface area (Å²) in [6.45, 7) is 0.319. The van der Waals surface area contributed by atoms with Gasteiger partial charge >= 0.3 is 0 Å². The van der Waals surface area contributed by atoms with E-state index in [0.717, 1.165) is 19.3 Å². The lowest BCUT2D eigenvalue weighted by molar-refractivity contribution is 0.181. The molecule has 54 valence electrons. The fourth-order valence-electron chi connectivity index (χ4n) is 1.24. The molecule has 0 atom stereocenters. The average molecular weight is 150 g/mol. The van der Waals surface area contributed by atoms with Crippen molar-refractivity contribution in [1.82, 2.24) is 4.84 Å². The lowest BCUT2D eigenvalue weighted by Gasteiger charge is -2.33. The molecule has 9 heavy (non-hydrogen) atoms. The van der Waals surface area contributed by atoms with E-state index in [9.17, 15) is 0 Å². The Balaban J connectivity index is 1.98. The first-order chi connectivity index (χ1) is 4.36. The monoisotopic (exact) mass is 149 g/mol. The van der Waals surface area contributed by atoms with E-state index >= 15 is 0 Å². The maximum absolute atomic E-state index is 8.51. The second-order valence-corrected chi connectivity index (χ2v) is 2.87. The molecular weight excluding hydrogens is 138 g/mol. The normalized spacial score (nSPS) is 34.0. The largest absolute Gasteiger partial charge is 0.396 e. The molecule has 0 amide bonds. The molecule has 0 unspecified atom stereocenters. The molecule has 0 spiro atoms. The van der Waals surface area contributed by atoms with Gasteiger partial charge in [0.2, 0.25) is 0 Å². The highest BCUT2D eigenvalue weighted by Crippen LogP contribution is 2.29. The van der Waals surface area contributed by atoms with Crippen LogP contribution in [-0.2, 0) is 0 Å². The first-order valence-electron chi connectivity index (χ1n) is 3.34. The highest BCUT2D eigenvalue weighted by Gasteiger charge is 2.27. The van der Waals surface area contributed by atoms with Crippen molar-refractivity contribution in [2.24, 2.45) is 5.92 Å². The van der Waals surface area contributed by atoms with Gasteiger partial charge in [-0.2, -0.15) is 0 Å². The summed E-state index contributed by atoms with van der Waals surface area (Å²) in [6, 6.07) is 0.503. The average Bonchev–Trinajstić information content (AvgIpc) is 1.77. The van der Waals surface area contributed by atoms with Gasteiger partial charge in [-0.25, -0.2) is 4.84 Å². The third-order valence-corrected chi connectivity index (χ3v) is 2.24. The highest BCUT2D eigenvalue weighted by atomic mass is 35.5. The van der Waals surface area contributed by atoms with Crippen LogP contribution in [0.1, 0.15) is 19.3 Å². The van der Waals surface area contributed by atoms with Gasteiger partial charge in [-0.15, -0.1) is 0 Å². The highest BCUT2D eigenvalue weighted by molar-refractivity contribution is 6.13. The molecule has 0 aromatic heterocycles. The van der Waals surface area contributed by atoms with Gasteiger partial charge in [0.25, 0.3) is 0 Å². The second-order valence-electron chi connectivity index (χ2n) is 2.66. The molecule has 0 aliphatic heterocycles. The Morgan fingerprint density at radius 1 is 1.56 bits per heavy atom. The molecule has 1 saturated carbocycles. The Labute approximate surface area is 60.3 Å². The van der Waals surface area contributed by atoms with Gasteiger partial charge in [0, 0.05) is 12.6 Å². The fourth-order valence-corrected chi connectivity index (χ4v) is 1.42. The SMILES string of the molecule is OCC[C@H]1C[C@H](NCl)C1. The summed E-state index contributed by atoms with van der Waals surface area (Å²) < 4.78 is 0. The predicted molar refractivity (Wildman–Crippen MR) is 37.2 cm³/mol. The van der Waals surface area contributed by atoms with Crippen molar-refractivity contribution in [3.8, 4) is 0 Å². The molecule has 0 saturated heterocycles. The standard InChI is InChI=1S/C6H12ClNO/c7-8-6-3-5(4-6)1-2-9/h5-6,8-9H,1-4H2/t5-,6-. The molecule has 1 aliphatic rings. The van der Waals surface area contributed by atoms with Crippen molar-refractivity contribution in [3.63, 3.8) is 0 Å². The molecule has 0 radical (unpaired) electrons. The molecule has 1 fully saturated rings. The number of aliphatic hydroxyl groups excluding tert-OH is 1. The Morgan fingerprint density at radius 3 is 2.67 bits per heavy atom. The maximum Gasteiger partial charge on any atom is 0.0433 e. The van der Waals surface area contributed by atoms with Crippen molar-refractivity contribution in [3.05, 3.63) is 0 Å². The maximum atomic E-state index is 8.51. The zero-order valence-electron chi connectivity index (χ0n) is 5.31. The molecule has 0 aromatic carbocycles. The van der Waals surface area contributed by atoms with Gasteiger partial charge in [0.1, 0.15) is 0 Å². The summed E-state index contributed by atoms with van der Waals surface area (Å²) in [4.78, 5) is 2.68. The molecule has 0 bridgehead atoms. The van der Waals surface area contributed by atoms with Crippen LogP contribution in [0.15, 0.2) is 0 Å². The summed E-state index contributed by atoms with van der Waals surface area (Å²) in [6.07, 6.45) is 3.20. The van der Waals surface area contributed by atoms with E-state index in [1.807, 2.05) is 0 Å². The molecule has 0 heterocycles. The van der Waals surface area contributed by atoms with Crippen molar-refractivity contribution in [2.75, 3.05) is 6.61 Å². The second kappa shape index (κ2) is 3.40. The summed E-state index contributed by atoms with van der Waals surface area (Å²) >= 11 is 5.36. The Hall–Kier alpha value is 0.210. The Bertz CT molecular complexity index is 83.1. The summed E-state index contributed by atoms with van der Waals surface area (Å²) in [5.74, 6) is 0.714. The van der Waals surface area contributed by atoms with Crippen LogP contribution in [-0.4, -0.2) is 17.8 Å². The first kappa shape index (κ1) is 7.32. The molecule has 2 nitrogen and oxygen atoms in total. The van der Waals surface area contributed by atoms with Crippen molar-refractivity contribution < 1.29 is 5.11 Å². The fraction of sp³-hybridized carbons (Fsp3) is 1.00. The zero-order valence-corrected chi connectivity index (χ0v) is 6.06. The smallest absolute Gasteiger partial charge is 0.0433 e. The minimum Gasteiger partial charge on any atom is -0.396 e. The van der Waals surface area contributed by atoms with Gasteiger partial charge in [0.15, 0.2) is 0 Å². The van der Waals surface area contributed by atoms with E-state index < -0.39 is 0 Å². The Kier molecular flexibility index (Phi) is 2.76. The minimum atomic E-state index is 0.319. The van der Waals surface area contributed by atoms with Crippen molar-refractivity contribution >= 4 is 11.8 Å². The van der Waals surface area contributed by atoms with Crippen LogP contribution in [0, 0.1) is 5.92 Å². The molecule has 1 aliphatic carbocycles. The van der Waals surface area contributed by atoms with Crippen LogP contribution in [0.4, 0.5) is 0 Å². The van der Waals surface area contributed by atoms with Crippen LogP contribution >= 0.6 is 11.8 Å². The third-order valence-electron chi connectivity index (χ3n) is 1.93. The van der Waals surface area contributed by atoms with E-state index in [1.54, 1.807) is 0 Å². The Morgan fingerprint density at radius 2 is 2.22 bits per heavy atom.